The van der Waals surface area contributed by atoms with Crippen LogP contribution in [-0.4, -0.2) is 17.9 Å². The zero-order chi connectivity index (χ0) is 12.4. The molecule has 0 aromatic carbocycles. The van der Waals surface area contributed by atoms with Crippen LogP contribution in [0.15, 0.2) is 6.07 Å². The Morgan fingerprint density at radius 3 is 2.88 bits per heavy atom. The molecule has 2 atom stereocenters. The van der Waals surface area contributed by atoms with Gasteiger partial charge in [0.1, 0.15) is 4.34 Å². The van der Waals surface area contributed by atoms with E-state index >= 15 is 0 Å². The first kappa shape index (κ1) is 13.3. The average Bonchev–Trinajstić information content (AvgIpc) is 2.58. The highest BCUT2D eigenvalue weighted by atomic mass is 35.5. The quantitative estimate of drug-likeness (QED) is 0.848. The third-order valence-electron chi connectivity index (χ3n) is 3.10. The maximum Gasteiger partial charge on any atom is 0.166 e. The minimum atomic E-state index is 0.0877. The van der Waals surface area contributed by atoms with Crippen LogP contribution in [0.5, 0.6) is 0 Å². The number of hydrogen-bond acceptors (Lipinski definition) is 3. The Hall–Kier alpha value is -0.0900. The van der Waals surface area contributed by atoms with Gasteiger partial charge in [0, 0.05) is 24.1 Å². The SMILES string of the molecule is CC1CCCC(CC(=O)c2cc(Cl)sc2Cl)N1. The Balaban J connectivity index is 1.99. The number of Topliss-reactive ketones (excluding diaryl/α,β-unsaturated/α-hetero) is 1. The molecule has 0 bridgehead atoms. The molecule has 5 heteroatoms. The van der Waals surface area contributed by atoms with Crippen molar-refractivity contribution >= 4 is 40.3 Å². The van der Waals surface area contributed by atoms with Crippen molar-refractivity contribution in [2.45, 2.75) is 44.7 Å². The van der Waals surface area contributed by atoms with Gasteiger partial charge < -0.3 is 5.32 Å². The Morgan fingerprint density at radius 1 is 1.53 bits per heavy atom. The van der Waals surface area contributed by atoms with Gasteiger partial charge in [-0.2, -0.15) is 0 Å². The van der Waals surface area contributed by atoms with E-state index in [2.05, 4.69) is 12.2 Å². The summed E-state index contributed by atoms with van der Waals surface area (Å²) in [6.45, 7) is 2.16. The molecule has 0 radical (unpaired) electrons. The van der Waals surface area contributed by atoms with Gasteiger partial charge in [-0.05, 0) is 25.8 Å². The van der Waals surface area contributed by atoms with Gasteiger partial charge in [-0.15, -0.1) is 11.3 Å². The fraction of sp³-hybridized carbons (Fsp3) is 0.583. The molecule has 0 aliphatic carbocycles. The van der Waals surface area contributed by atoms with Crippen molar-refractivity contribution in [3.8, 4) is 0 Å². The summed E-state index contributed by atoms with van der Waals surface area (Å²) < 4.78 is 1.08. The number of thiophene rings is 1. The fourth-order valence-electron chi connectivity index (χ4n) is 2.26. The zero-order valence-electron chi connectivity index (χ0n) is 9.63. The van der Waals surface area contributed by atoms with Gasteiger partial charge >= 0.3 is 0 Å². The molecule has 1 aliphatic rings. The number of piperidine rings is 1. The standard InChI is InChI=1S/C12H15Cl2NOS/c1-7-3-2-4-8(15-7)5-10(16)9-6-11(13)17-12(9)14/h6-8,15H,2-5H2,1H3. The number of hydrogen-bond donors (Lipinski definition) is 1. The predicted molar refractivity (Wildman–Crippen MR) is 73.5 cm³/mol. The summed E-state index contributed by atoms with van der Waals surface area (Å²) in [5.74, 6) is 0.0877. The van der Waals surface area contributed by atoms with Crippen LogP contribution in [0.4, 0.5) is 0 Å². The summed E-state index contributed by atoms with van der Waals surface area (Å²) in [5.41, 5.74) is 0.571. The maximum atomic E-state index is 12.1. The second-order valence-electron chi connectivity index (χ2n) is 4.56. The normalized spacial score (nSPS) is 24.9. The monoisotopic (exact) mass is 291 g/mol. The number of ketones is 1. The third-order valence-corrected chi connectivity index (χ3v) is 4.59. The topological polar surface area (TPSA) is 29.1 Å². The lowest BCUT2D eigenvalue weighted by atomic mass is 9.95. The van der Waals surface area contributed by atoms with E-state index in [1.54, 1.807) is 6.07 Å². The molecule has 17 heavy (non-hydrogen) atoms. The second-order valence-corrected chi connectivity index (χ2v) is 6.85. The molecule has 2 heterocycles. The molecule has 1 aliphatic heterocycles. The van der Waals surface area contributed by atoms with E-state index in [1.807, 2.05) is 0 Å². The molecule has 2 rings (SSSR count). The van der Waals surface area contributed by atoms with Crippen molar-refractivity contribution in [3.05, 3.63) is 20.3 Å². The third kappa shape index (κ3) is 3.44. The van der Waals surface area contributed by atoms with E-state index in [9.17, 15) is 4.79 Å². The number of carbonyl (C=O) groups is 1. The Bertz CT molecular complexity index is 419. The van der Waals surface area contributed by atoms with Gasteiger partial charge in [0.25, 0.3) is 0 Å². The largest absolute Gasteiger partial charge is 0.311 e. The molecular weight excluding hydrogens is 277 g/mol. The number of carbonyl (C=O) groups excluding carboxylic acids is 1. The van der Waals surface area contributed by atoms with Crippen molar-refractivity contribution in [3.63, 3.8) is 0 Å². The minimum absolute atomic E-state index is 0.0877. The average molecular weight is 292 g/mol. The van der Waals surface area contributed by atoms with Crippen LogP contribution in [0.25, 0.3) is 0 Å². The molecule has 1 aromatic heterocycles. The van der Waals surface area contributed by atoms with Gasteiger partial charge in [0.05, 0.1) is 4.34 Å². The van der Waals surface area contributed by atoms with Gasteiger partial charge in [-0.1, -0.05) is 29.6 Å². The van der Waals surface area contributed by atoms with E-state index < -0.39 is 0 Å². The van der Waals surface area contributed by atoms with E-state index in [0.29, 0.717) is 26.7 Å². The first-order valence-corrected chi connectivity index (χ1v) is 7.37. The van der Waals surface area contributed by atoms with Gasteiger partial charge in [0.2, 0.25) is 0 Å². The van der Waals surface area contributed by atoms with Crippen LogP contribution in [0, 0.1) is 0 Å². The number of nitrogens with one attached hydrogen (secondary N) is 1. The van der Waals surface area contributed by atoms with Crippen LogP contribution in [0.3, 0.4) is 0 Å². The molecule has 2 nitrogen and oxygen atoms in total. The van der Waals surface area contributed by atoms with Crippen molar-refractivity contribution in [2.75, 3.05) is 0 Å². The summed E-state index contributed by atoms with van der Waals surface area (Å²) in [6.07, 6.45) is 3.95. The Kier molecular flexibility index (Phi) is 4.47. The first-order valence-electron chi connectivity index (χ1n) is 5.80. The fourth-order valence-corrected chi connectivity index (χ4v) is 3.76. The van der Waals surface area contributed by atoms with Crippen molar-refractivity contribution in [1.29, 1.82) is 0 Å². The number of rotatable bonds is 3. The lowest BCUT2D eigenvalue weighted by Crippen LogP contribution is -2.41. The lowest BCUT2D eigenvalue weighted by molar-refractivity contribution is 0.0960. The van der Waals surface area contributed by atoms with Crippen LogP contribution in [-0.2, 0) is 0 Å². The van der Waals surface area contributed by atoms with E-state index in [0.717, 1.165) is 6.42 Å². The minimum Gasteiger partial charge on any atom is -0.311 e. The Labute approximate surface area is 115 Å². The highest BCUT2D eigenvalue weighted by Crippen LogP contribution is 2.32. The molecular formula is C12H15Cl2NOS. The highest BCUT2D eigenvalue weighted by Gasteiger charge is 2.22. The van der Waals surface area contributed by atoms with E-state index in [-0.39, 0.29) is 11.8 Å². The molecule has 0 amide bonds. The molecule has 94 valence electrons. The van der Waals surface area contributed by atoms with Gasteiger partial charge in [-0.25, -0.2) is 0 Å². The van der Waals surface area contributed by atoms with Crippen LogP contribution in [0.1, 0.15) is 43.0 Å². The lowest BCUT2D eigenvalue weighted by Gasteiger charge is -2.28. The van der Waals surface area contributed by atoms with Gasteiger partial charge in [0.15, 0.2) is 5.78 Å². The van der Waals surface area contributed by atoms with Crippen molar-refractivity contribution < 1.29 is 4.79 Å². The zero-order valence-corrected chi connectivity index (χ0v) is 12.0. The molecule has 1 aromatic rings. The summed E-state index contributed by atoms with van der Waals surface area (Å²) in [5, 5.41) is 3.45. The number of halogens is 2. The van der Waals surface area contributed by atoms with E-state index in [1.165, 1.54) is 24.2 Å². The smallest absolute Gasteiger partial charge is 0.166 e. The molecule has 0 saturated carbocycles. The summed E-state index contributed by atoms with van der Waals surface area (Å²) >= 11 is 13.1. The summed E-state index contributed by atoms with van der Waals surface area (Å²) in [7, 11) is 0. The van der Waals surface area contributed by atoms with Crippen LogP contribution in [0.2, 0.25) is 8.67 Å². The van der Waals surface area contributed by atoms with Crippen molar-refractivity contribution in [1.82, 2.24) is 5.32 Å². The first-order chi connectivity index (χ1) is 8.06. The molecule has 1 saturated heterocycles. The second kappa shape index (κ2) is 5.70. The molecule has 2 unspecified atom stereocenters. The molecule has 1 N–H and O–H groups in total. The highest BCUT2D eigenvalue weighted by molar-refractivity contribution is 7.20. The maximum absolute atomic E-state index is 12.1. The summed E-state index contributed by atoms with van der Waals surface area (Å²) in [4.78, 5) is 12.1. The predicted octanol–water partition coefficient (Wildman–Crippen LogP) is 4.16. The molecule has 0 spiro atoms. The Morgan fingerprint density at radius 2 is 2.29 bits per heavy atom. The summed E-state index contributed by atoms with van der Waals surface area (Å²) in [6, 6.07) is 2.45. The van der Waals surface area contributed by atoms with E-state index in [4.69, 9.17) is 23.2 Å². The van der Waals surface area contributed by atoms with Crippen LogP contribution >= 0.6 is 34.5 Å². The van der Waals surface area contributed by atoms with Crippen LogP contribution < -0.4 is 5.32 Å². The van der Waals surface area contributed by atoms with Crippen molar-refractivity contribution in [2.24, 2.45) is 0 Å². The molecule has 1 fully saturated rings. The van der Waals surface area contributed by atoms with Gasteiger partial charge in [-0.3, -0.25) is 4.79 Å².